The smallest absolute Gasteiger partial charge is 0.229 e. The summed E-state index contributed by atoms with van der Waals surface area (Å²) >= 11 is 0. The van der Waals surface area contributed by atoms with Gasteiger partial charge in [-0.1, -0.05) is 24.3 Å². The third-order valence-electron chi connectivity index (χ3n) is 6.91. The number of pyridine rings is 2. The number of para-hydroxylation sites is 1. The molecule has 192 valence electrons. The van der Waals surface area contributed by atoms with Crippen LogP contribution >= 0.6 is 0 Å². The molecule has 5 rings (SSSR count). The summed E-state index contributed by atoms with van der Waals surface area (Å²) in [6.45, 7) is 7.14. The number of aryl methyl sites for hydroxylation is 2. The Labute approximate surface area is 215 Å². The van der Waals surface area contributed by atoms with E-state index in [1.807, 2.05) is 62.4 Å². The number of hydrogen-bond donors (Lipinski definition) is 5. The third-order valence-corrected chi connectivity index (χ3v) is 6.91. The number of benzene rings is 1. The van der Waals surface area contributed by atoms with Gasteiger partial charge < -0.3 is 26.0 Å². The van der Waals surface area contributed by atoms with Gasteiger partial charge in [0, 0.05) is 34.6 Å². The van der Waals surface area contributed by atoms with Crippen molar-refractivity contribution in [3.8, 4) is 11.3 Å². The van der Waals surface area contributed by atoms with E-state index in [2.05, 4.69) is 20.6 Å². The molecule has 37 heavy (non-hydrogen) atoms. The summed E-state index contributed by atoms with van der Waals surface area (Å²) in [6.07, 6.45) is -0.0834. The number of nitrogens with zero attached hydrogens (tertiary/aromatic N) is 4. The molecule has 9 heteroatoms. The van der Waals surface area contributed by atoms with Crippen molar-refractivity contribution in [2.24, 2.45) is 5.92 Å². The van der Waals surface area contributed by atoms with E-state index < -0.39 is 29.8 Å². The maximum absolute atomic E-state index is 10.8. The fraction of sp³-hybridized carbons (Fsp3) is 0.357. The normalized spacial score (nSPS) is 21.8. The summed E-state index contributed by atoms with van der Waals surface area (Å²) < 4.78 is 0. The highest BCUT2D eigenvalue weighted by atomic mass is 16.3. The molecule has 0 saturated heterocycles. The van der Waals surface area contributed by atoms with Crippen molar-refractivity contribution in [1.82, 2.24) is 19.9 Å². The van der Waals surface area contributed by atoms with Crippen molar-refractivity contribution < 1.29 is 15.3 Å². The number of hydrogen-bond acceptors (Lipinski definition) is 9. The molecular formula is C28H32N6O3. The molecule has 0 amide bonds. The molecule has 1 aliphatic rings. The second-order valence-corrected chi connectivity index (χ2v) is 10.3. The van der Waals surface area contributed by atoms with Gasteiger partial charge in [0.1, 0.15) is 11.9 Å². The summed E-state index contributed by atoms with van der Waals surface area (Å²) in [7, 11) is 0. The van der Waals surface area contributed by atoms with Gasteiger partial charge in [0.15, 0.2) is 0 Å². The van der Waals surface area contributed by atoms with Crippen LogP contribution in [-0.2, 0) is 0 Å². The molecule has 1 saturated carbocycles. The Hall–Kier alpha value is -3.66. The van der Waals surface area contributed by atoms with Gasteiger partial charge in [-0.25, -0.2) is 9.97 Å². The number of aromatic nitrogens is 4. The molecule has 1 aromatic carbocycles. The Morgan fingerprint density at radius 3 is 2.35 bits per heavy atom. The van der Waals surface area contributed by atoms with Crippen LogP contribution < -0.4 is 10.6 Å². The second-order valence-electron chi connectivity index (χ2n) is 10.3. The topological polar surface area (TPSA) is 136 Å². The van der Waals surface area contributed by atoms with Gasteiger partial charge in [-0.05, 0) is 58.4 Å². The average molecular weight is 501 g/mol. The molecule has 0 radical (unpaired) electrons. The van der Waals surface area contributed by atoms with Gasteiger partial charge in [-0.15, -0.1) is 0 Å². The van der Waals surface area contributed by atoms with Crippen LogP contribution in [-0.4, -0.2) is 59.1 Å². The number of fused-ring (bicyclic) bond motifs is 1. The van der Waals surface area contributed by atoms with Crippen molar-refractivity contribution >= 4 is 28.4 Å². The van der Waals surface area contributed by atoms with Crippen molar-refractivity contribution in [3.05, 3.63) is 66.1 Å². The fourth-order valence-electron chi connectivity index (χ4n) is 5.05. The van der Waals surface area contributed by atoms with E-state index in [4.69, 9.17) is 9.97 Å². The van der Waals surface area contributed by atoms with Crippen LogP contribution in [0.2, 0.25) is 0 Å². The first kappa shape index (κ1) is 25.0. The van der Waals surface area contributed by atoms with Crippen molar-refractivity contribution in [2.45, 2.75) is 58.0 Å². The lowest BCUT2D eigenvalue weighted by Gasteiger charge is -2.28. The predicted molar refractivity (Wildman–Crippen MR) is 144 cm³/mol. The fourth-order valence-corrected chi connectivity index (χ4v) is 5.05. The summed E-state index contributed by atoms with van der Waals surface area (Å²) in [5, 5.41) is 39.6. The first-order valence-corrected chi connectivity index (χ1v) is 12.4. The minimum Gasteiger partial charge on any atom is -0.390 e. The van der Waals surface area contributed by atoms with Gasteiger partial charge in [0.05, 0.1) is 34.5 Å². The molecule has 1 fully saturated rings. The zero-order valence-corrected chi connectivity index (χ0v) is 21.3. The number of nitrogens with one attached hydrogen (secondary N) is 2. The largest absolute Gasteiger partial charge is 0.390 e. The molecule has 1 aliphatic carbocycles. The number of rotatable bonds is 6. The second kappa shape index (κ2) is 9.66. The molecule has 3 heterocycles. The molecule has 0 unspecified atom stereocenters. The van der Waals surface area contributed by atoms with Crippen molar-refractivity contribution in [3.63, 3.8) is 0 Å². The average Bonchev–Trinajstić information content (AvgIpc) is 3.12. The molecule has 9 nitrogen and oxygen atoms in total. The minimum atomic E-state index is -1.14. The van der Waals surface area contributed by atoms with Crippen LogP contribution in [0.15, 0.2) is 54.7 Å². The lowest BCUT2D eigenvalue weighted by molar-refractivity contribution is -0.0601. The highest BCUT2D eigenvalue weighted by molar-refractivity contribution is 5.83. The van der Waals surface area contributed by atoms with E-state index >= 15 is 0 Å². The zero-order valence-electron chi connectivity index (χ0n) is 21.3. The lowest BCUT2D eigenvalue weighted by atomic mass is 9.88. The lowest BCUT2D eigenvalue weighted by Crippen LogP contribution is -2.40. The molecule has 3 aromatic heterocycles. The predicted octanol–water partition coefficient (Wildman–Crippen LogP) is 3.74. The molecule has 0 spiro atoms. The first-order valence-electron chi connectivity index (χ1n) is 12.4. The van der Waals surface area contributed by atoms with E-state index in [-0.39, 0.29) is 0 Å². The monoisotopic (exact) mass is 500 g/mol. The molecular weight excluding hydrogens is 468 g/mol. The maximum Gasteiger partial charge on any atom is 0.229 e. The van der Waals surface area contributed by atoms with Gasteiger partial charge in [0.2, 0.25) is 5.95 Å². The minimum absolute atomic E-state index is 0.365. The van der Waals surface area contributed by atoms with Crippen LogP contribution in [0, 0.1) is 19.8 Å². The Bertz CT molecular complexity index is 1420. The number of anilines is 3. The number of aliphatic hydroxyl groups is 3. The van der Waals surface area contributed by atoms with E-state index in [0.29, 0.717) is 29.4 Å². The molecule has 5 N–H and O–H groups in total. The quantitative estimate of drug-likeness (QED) is 0.268. The Balaban J connectivity index is 1.53. The van der Waals surface area contributed by atoms with E-state index in [0.717, 1.165) is 28.0 Å². The van der Waals surface area contributed by atoms with Crippen LogP contribution in [0.3, 0.4) is 0 Å². The van der Waals surface area contributed by atoms with Crippen LogP contribution in [0.4, 0.5) is 17.5 Å². The summed E-state index contributed by atoms with van der Waals surface area (Å²) in [6, 6.07) is 15.0. The zero-order chi connectivity index (χ0) is 26.3. The van der Waals surface area contributed by atoms with Gasteiger partial charge in [-0.2, -0.15) is 4.98 Å². The van der Waals surface area contributed by atoms with Crippen LogP contribution in [0.5, 0.6) is 0 Å². The molecule has 4 atom stereocenters. The van der Waals surface area contributed by atoms with Crippen LogP contribution in [0.1, 0.15) is 31.7 Å². The third kappa shape index (κ3) is 5.24. The standard InChI is InChI=1S/C28H32N6O3/c1-15-11-18(12-16(2)30-15)31-27-29-14-19(22-10-9-17-7-5-6-8-21(17)32-22)26(34-27)33-23-13-20(28(3,4)37)24(35)25(23)36/h5-12,14,20,23-25,35-37H,13H2,1-4H3,(H2,29,30,31,33,34)/t20-,23-,24-,25+/m1/s1. The van der Waals surface area contributed by atoms with Gasteiger partial charge >= 0.3 is 0 Å². The van der Waals surface area contributed by atoms with E-state index in [1.54, 1.807) is 20.0 Å². The summed E-state index contributed by atoms with van der Waals surface area (Å²) in [5.74, 6) is 0.337. The van der Waals surface area contributed by atoms with E-state index in [9.17, 15) is 15.3 Å². The molecule has 0 bridgehead atoms. The van der Waals surface area contributed by atoms with Gasteiger partial charge in [0.25, 0.3) is 0 Å². The Kier molecular flexibility index (Phi) is 6.53. The van der Waals surface area contributed by atoms with E-state index in [1.165, 1.54) is 0 Å². The molecule has 4 aromatic rings. The Morgan fingerprint density at radius 2 is 1.65 bits per heavy atom. The van der Waals surface area contributed by atoms with Crippen molar-refractivity contribution in [2.75, 3.05) is 10.6 Å². The van der Waals surface area contributed by atoms with Crippen LogP contribution in [0.25, 0.3) is 22.2 Å². The van der Waals surface area contributed by atoms with Gasteiger partial charge in [-0.3, -0.25) is 4.98 Å². The summed E-state index contributed by atoms with van der Waals surface area (Å²) in [5.41, 5.74) is 3.59. The van der Waals surface area contributed by atoms with Crippen molar-refractivity contribution in [1.29, 1.82) is 0 Å². The Morgan fingerprint density at radius 1 is 0.919 bits per heavy atom. The highest BCUT2D eigenvalue weighted by Gasteiger charge is 2.47. The highest BCUT2D eigenvalue weighted by Crippen LogP contribution is 2.37. The first-order chi connectivity index (χ1) is 17.6. The number of aliphatic hydroxyl groups excluding tert-OH is 2. The molecule has 0 aliphatic heterocycles. The SMILES string of the molecule is Cc1cc(Nc2ncc(-c3ccc4ccccc4n3)c(N[C@@H]3C[C@@H](C(C)(C)O)[C@@H](O)[C@H]3O)n2)cc(C)n1. The maximum atomic E-state index is 10.8. The summed E-state index contributed by atoms with van der Waals surface area (Å²) in [4.78, 5) is 18.5.